The molecule has 1 aliphatic carbocycles. The number of carbonyl (C=O) groups excluding carboxylic acids is 2. The van der Waals surface area contributed by atoms with Gasteiger partial charge >= 0.3 is 0 Å². The van der Waals surface area contributed by atoms with Crippen molar-refractivity contribution in [2.75, 3.05) is 19.7 Å². The van der Waals surface area contributed by atoms with Gasteiger partial charge in [0.15, 0.2) is 12.6 Å². The Kier molecular flexibility index (Phi) is 11.5. The van der Waals surface area contributed by atoms with Gasteiger partial charge < -0.3 is 14.2 Å². The molecule has 0 aromatic heterocycles. The molecule has 1 aliphatic heterocycles. The van der Waals surface area contributed by atoms with Crippen molar-refractivity contribution < 1.29 is 32.6 Å². The van der Waals surface area contributed by atoms with E-state index in [1.54, 1.807) is 6.26 Å². The van der Waals surface area contributed by atoms with Crippen molar-refractivity contribution in [3.8, 4) is 0 Å². The standard InChI is InChI=1S/C17H18F2O3S.C4H6O2.C2H6/c1-10(5-11-6-14(19)15(23-2)8-13(11)18)17-4-3-12(20)7-16(17)21-9-22-17;1-2-3-6-4-5;1-2/h6-8,10H,3-5,9H2,1-2H3;2,4H,1,3H2;1-2H3/t10-,17+;;/m0../s1. The highest BCUT2D eigenvalue weighted by atomic mass is 32.2. The highest BCUT2D eigenvalue weighted by molar-refractivity contribution is 7.98. The molecule has 0 spiro atoms. The number of allylic oxidation sites excluding steroid dienone is 1. The number of hydrogen-bond acceptors (Lipinski definition) is 6. The van der Waals surface area contributed by atoms with E-state index in [-0.39, 0.29) is 18.5 Å². The molecule has 0 N–H and O–H groups in total. The average Bonchev–Trinajstić information content (AvgIpc) is 3.20. The molecule has 172 valence electrons. The first-order valence-electron chi connectivity index (χ1n) is 10.1. The number of hydrogen-bond donors (Lipinski definition) is 0. The van der Waals surface area contributed by atoms with Crippen LogP contribution in [0.15, 0.2) is 41.5 Å². The molecule has 5 nitrogen and oxygen atoms in total. The van der Waals surface area contributed by atoms with Crippen molar-refractivity contribution in [3.63, 3.8) is 0 Å². The Balaban J connectivity index is 0.000000521. The summed E-state index contributed by atoms with van der Waals surface area (Å²) in [6, 6.07) is 2.48. The lowest BCUT2D eigenvalue weighted by molar-refractivity contribution is -0.127. The highest BCUT2D eigenvalue weighted by Crippen LogP contribution is 2.44. The largest absolute Gasteiger partial charge is 0.469 e. The summed E-state index contributed by atoms with van der Waals surface area (Å²) in [7, 11) is 0. The van der Waals surface area contributed by atoms with Gasteiger partial charge in [0.1, 0.15) is 29.6 Å². The molecule has 0 bridgehead atoms. The molecule has 3 rings (SSSR count). The summed E-state index contributed by atoms with van der Waals surface area (Å²) in [4.78, 5) is 21.2. The van der Waals surface area contributed by atoms with Crippen molar-refractivity contribution >= 4 is 24.0 Å². The van der Waals surface area contributed by atoms with Gasteiger partial charge in [-0.15, -0.1) is 11.8 Å². The molecule has 2 aliphatic rings. The summed E-state index contributed by atoms with van der Waals surface area (Å²) in [6.45, 7) is 10.0. The van der Waals surface area contributed by atoms with Crippen LogP contribution in [-0.4, -0.2) is 37.5 Å². The molecular formula is C23H30F2O5S. The fraction of sp³-hybridized carbons (Fsp3) is 0.478. The smallest absolute Gasteiger partial charge is 0.293 e. The van der Waals surface area contributed by atoms with Gasteiger partial charge in [0.2, 0.25) is 0 Å². The molecular weight excluding hydrogens is 426 g/mol. The molecule has 2 atom stereocenters. The van der Waals surface area contributed by atoms with Crippen molar-refractivity contribution in [3.05, 3.63) is 53.8 Å². The quantitative estimate of drug-likeness (QED) is 0.242. The normalized spacial score (nSPS) is 19.9. The van der Waals surface area contributed by atoms with E-state index in [4.69, 9.17) is 9.47 Å². The van der Waals surface area contributed by atoms with Crippen LogP contribution in [0.3, 0.4) is 0 Å². The molecule has 1 aromatic carbocycles. The van der Waals surface area contributed by atoms with E-state index in [0.29, 0.717) is 48.6 Å². The van der Waals surface area contributed by atoms with Gasteiger partial charge in [-0.2, -0.15) is 0 Å². The van der Waals surface area contributed by atoms with Crippen LogP contribution in [0.2, 0.25) is 0 Å². The minimum Gasteiger partial charge on any atom is -0.469 e. The fourth-order valence-corrected chi connectivity index (χ4v) is 3.87. The summed E-state index contributed by atoms with van der Waals surface area (Å²) in [5.41, 5.74) is -0.399. The molecule has 8 heteroatoms. The van der Waals surface area contributed by atoms with Crippen LogP contribution in [-0.2, 0) is 30.2 Å². The van der Waals surface area contributed by atoms with E-state index in [2.05, 4.69) is 11.3 Å². The summed E-state index contributed by atoms with van der Waals surface area (Å²) in [6.07, 6.45) is 5.88. The van der Waals surface area contributed by atoms with Crippen LogP contribution in [0, 0.1) is 17.6 Å². The van der Waals surface area contributed by atoms with E-state index in [1.165, 1.54) is 36.0 Å². The highest BCUT2D eigenvalue weighted by Gasteiger charge is 2.49. The minimum absolute atomic E-state index is 0.00914. The average molecular weight is 457 g/mol. The maximum absolute atomic E-state index is 14.2. The number of ketones is 1. The number of benzene rings is 1. The predicted molar refractivity (Wildman–Crippen MR) is 117 cm³/mol. The third-order valence-corrected chi connectivity index (χ3v) is 5.66. The summed E-state index contributed by atoms with van der Waals surface area (Å²) >= 11 is 1.17. The van der Waals surface area contributed by atoms with E-state index < -0.39 is 17.2 Å². The van der Waals surface area contributed by atoms with Gasteiger partial charge in [0.25, 0.3) is 6.47 Å². The van der Waals surface area contributed by atoms with Gasteiger partial charge in [-0.05, 0) is 42.7 Å². The number of carbonyl (C=O) groups is 2. The van der Waals surface area contributed by atoms with Crippen LogP contribution in [0.25, 0.3) is 0 Å². The Morgan fingerprint density at radius 3 is 2.61 bits per heavy atom. The third-order valence-electron chi connectivity index (χ3n) is 4.91. The van der Waals surface area contributed by atoms with E-state index >= 15 is 0 Å². The van der Waals surface area contributed by atoms with Crippen LogP contribution in [0.5, 0.6) is 0 Å². The summed E-state index contributed by atoms with van der Waals surface area (Å²) < 4.78 is 43.6. The first kappa shape index (κ1) is 26.8. The maximum atomic E-state index is 14.2. The predicted octanol–water partition coefficient (Wildman–Crippen LogP) is 5.23. The van der Waals surface area contributed by atoms with E-state index in [1.807, 2.05) is 20.8 Å². The SMILES string of the molecule is C=CCOC=O.CC.CSc1cc(F)c(C[C@H](C)[C@]23CCC(=O)C=C2OCO3)cc1F. The Hall–Kier alpha value is -2.19. The Bertz CT molecular complexity index is 788. The van der Waals surface area contributed by atoms with Gasteiger partial charge in [0.05, 0.1) is 0 Å². The third kappa shape index (κ3) is 6.90. The molecule has 0 saturated carbocycles. The second-order valence-corrected chi connectivity index (χ2v) is 7.52. The number of halogens is 2. The lowest BCUT2D eigenvalue weighted by Crippen LogP contribution is -2.41. The second kappa shape index (κ2) is 13.3. The second-order valence-electron chi connectivity index (χ2n) is 6.67. The number of ether oxygens (including phenoxy) is 3. The van der Waals surface area contributed by atoms with Crippen molar-refractivity contribution in [1.29, 1.82) is 0 Å². The van der Waals surface area contributed by atoms with E-state index in [0.717, 1.165) is 0 Å². The summed E-state index contributed by atoms with van der Waals surface area (Å²) in [5.74, 6) is -0.455. The van der Waals surface area contributed by atoms with Crippen molar-refractivity contribution in [1.82, 2.24) is 0 Å². The molecule has 0 radical (unpaired) electrons. The zero-order valence-corrected chi connectivity index (χ0v) is 19.2. The van der Waals surface area contributed by atoms with Crippen LogP contribution >= 0.6 is 11.8 Å². The zero-order chi connectivity index (χ0) is 23.4. The Morgan fingerprint density at radius 1 is 1.32 bits per heavy atom. The number of thioether (sulfide) groups is 1. The first-order chi connectivity index (χ1) is 14.9. The minimum atomic E-state index is -0.713. The molecule has 1 aromatic rings. The van der Waals surface area contributed by atoms with Gasteiger partial charge in [-0.3, -0.25) is 9.59 Å². The monoisotopic (exact) mass is 456 g/mol. The number of rotatable bonds is 7. The first-order valence-corrected chi connectivity index (χ1v) is 11.3. The number of fused-ring (bicyclic) bond motifs is 1. The Morgan fingerprint density at radius 2 is 2.03 bits per heavy atom. The lowest BCUT2D eigenvalue weighted by atomic mass is 9.76. The zero-order valence-electron chi connectivity index (χ0n) is 18.4. The lowest BCUT2D eigenvalue weighted by Gasteiger charge is -2.35. The van der Waals surface area contributed by atoms with E-state index in [9.17, 15) is 18.4 Å². The summed E-state index contributed by atoms with van der Waals surface area (Å²) in [5, 5.41) is 0. The van der Waals surface area contributed by atoms with Gasteiger partial charge in [0, 0.05) is 17.4 Å². The molecule has 1 heterocycles. The molecule has 31 heavy (non-hydrogen) atoms. The molecule has 0 unspecified atom stereocenters. The topological polar surface area (TPSA) is 61.8 Å². The van der Waals surface area contributed by atoms with Crippen LogP contribution in [0.4, 0.5) is 8.78 Å². The van der Waals surface area contributed by atoms with Gasteiger partial charge in [-0.25, -0.2) is 8.78 Å². The molecule has 1 fully saturated rings. The van der Waals surface area contributed by atoms with Crippen molar-refractivity contribution in [2.45, 2.75) is 50.5 Å². The van der Waals surface area contributed by atoms with Gasteiger partial charge in [-0.1, -0.05) is 33.4 Å². The van der Waals surface area contributed by atoms with Crippen molar-refractivity contribution in [2.24, 2.45) is 5.92 Å². The van der Waals surface area contributed by atoms with Crippen LogP contribution < -0.4 is 0 Å². The molecule has 0 amide bonds. The fourth-order valence-electron chi connectivity index (χ4n) is 3.39. The molecule has 1 saturated heterocycles. The maximum Gasteiger partial charge on any atom is 0.293 e. The Labute approximate surface area is 186 Å². The van der Waals surface area contributed by atoms with Crippen LogP contribution in [0.1, 0.15) is 39.2 Å².